The van der Waals surface area contributed by atoms with E-state index in [1.807, 2.05) is 0 Å². The highest BCUT2D eigenvalue weighted by atomic mass is 32.2. The lowest BCUT2D eigenvalue weighted by molar-refractivity contribution is 0.558. The Labute approximate surface area is 121 Å². The number of rotatable bonds is 4. The van der Waals surface area contributed by atoms with Gasteiger partial charge in [-0.25, -0.2) is 18.1 Å². The van der Waals surface area contributed by atoms with E-state index in [-0.39, 0.29) is 11.4 Å². The summed E-state index contributed by atoms with van der Waals surface area (Å²) in [6.45, 7) is 1.90. The maximum atomic E-state index is 12.3. The Morgan fingerprint density at radius 2 is 2.14 bits per heavy atom. The van der Waals surface area contributed by atoms with Gasteiger partial charge in [-0.3, -0.25) is 4.98 Å². The first-order valence-electron chi connectivity index (χ1n) is 6.30. The van der Waals surface area contributed by atoms with Crippen LogP contribution in [-0.4, -0.2) is 18.4 Å². The van der Waals surface area contributed by atoms with Gasteiger partial charge in [0.1, 0.15) is 5.52 Å². The molecule has 0 aliphatic carbocycles. The molecule has 0 atom stereocenters. The molecule has 3 aromatic rings. The number of oxazole rings is 1. The van der Waals surface area contributed by atoms with Crippen molar-refractivity contribution < 1.29 is 12.8 Å². The Morgan fingerprint density at radius 1 is 1.29 bits per heavy atom. The quantitative estimate of drug-likeness (QED) is 0.797. The van der Waals surface area contributed by atoms with Crippen LogP contribution in [0.1, 0.15) is 11.5 Å². The van der Waals surface area contributed by atoms with Crippen LogP contribution >= 0.6 is 0 Å². The average molecular weight is 303 g/mol. The monoisotopic (exact) mass is 303 g/mol. The maximum Gasteiger partial charge on any atom is 0.241 e. The molecule has 0 bridgehead atoms. The van der Waals surface area contributed by atoms with Gasteiger partial charge in [-0.05, 0) is 23.8 Å². The molecular formula is C14H13N3O3S. The van der Waals surface area contributed by atoms with Crippen molar-refractivity contribution in [2.24, 2.45) is 0 Å². The first-order valence-corrected chi connectivity index (χ1v) is 7.79. The molecule has 21 heavy (non-hydrogen) atoms. The minimum atomic E-state index is -3.61. The van der Waals surface area contributed by atoms with Crippen LogP contribution in [0, 0.1) is 6.92 Å². The van der Waals surface area contributed by atoms with Gasteiger partial charge in [-0.2, -0.15) is 0 Å². The van der Waals surface area contributed by atoms with Gasteiger partial charge in [0.15, 0.2) is 11.5 Å². The predicted molar refractivity (Wildman–Crippen MR) is 77.0 cm³/mol. The third-order valence-corrected chi connectivity index (χ3v) is 4.37. The van der Waals surface area contributed by atoms with E-state index in [1.165, 1.54) is 12.1 Å². The molecule has 2 heterocycles. The van der Waals surface area contributed by atoms with Crippen LogP contribution in [0.15, 0.2) is 52.0 Å². The van der Waals surface area contributed by atoms with E-state index in [2.05, 4.69) is 14.7 Å². The van der Waals surface area contributed by atoms with E-state index >= 15 is 0 Å². The number of fused-ring (bicyclic) bond motifs is 1. The zero-order valence-electron chi connectivity index (χ0n) is 11.3. The second-order valence-electron chi connectivity index (χ2n) is 4.55. The van der Waals surface area contributed by atoms with Gasteiger partial charge in [0.2, 0.25) is 10.0 Å². The van der Waals surface area contributed by atoms with Crippen LogP contribution in [0.3, 0.4) is 0 Å². The summed E-state index contributed by atoms with van der Waals surface area (Å²) in [5.41, 5.74) is 1.88. The number of hydrogen-bond donors (Lipinski definition) is 1. The molecule has 0 radical (unpaired) electrons. The molecule has 7 heteroatoms. The number of aryl methyl sites for hydroxylation is 1. The van der Waals surface area contributed by atoms with Crippen LogP contribution in [0.2, 0.25) is 0 Å². The van der Waals surface area contributed by atoms with E-state index in [0.717, 1.165) is 5.56 Å². The largest absolute Gasteiger partial charge is 0.441 e. The zero-order chi connectivity index (χ0) is 14.9. The highest BCUT2D eigenvalue weighted by Gasteiger charge is 2.15. The molecule has 6 nitrogen and oxygen atoms in total. The molecule has 0 saturated heterocycles. The Kier molecular flexibility index (Phi) is 3.44. The summed E-state index contributed by atoms with van der Waals surface area (Å²) in [6, 6.07) is 8.17. The summed E-state index contributed by atoms with van der Waals surface area (Å²) >= 11 is 0. The Morgan fingerprint density at radius 3 is 2.90 bits per heavy atom. The van der Waals surface area contributed by atoms with Crippen LogP contribution in [0.4, 0.5) is 0 Å². The molecule has 0 fully saturated rings. The Hall–Kier alpha value is -2.25. The number of benzene rings is 1. The van der Waals surface area contributed by atoms with E-state index in [9.17, 15) is 8.42 Å². The van der Waals surface area contributed by atoms with Crippen molar-refractivity contribution in [2.75, 3.05) is 0 Å². The molecule has 3 rings (SSSR count). The fourth-order valence-electron chi connectivity index (χ4n) is 1.95. The minimum Gasteiger partial charge on any atom is -0.441 e. The highest BCUT2D eigenvalue weighted by molar-refractivity contribution is 7.89. The van der Waals surface area contributed by atoms with E-state index in [1.54, 1.807) is 37.5 Å². The number of nitrogens with one attached hydrogen (secondary N) is 1. The number of aromatic nitrogens is 2. The first-order chi connectivity index (χ1) is 10.0. The summed E-state index contributed by atoms with van der Waals surface area (Å²) in [4.78, 5) is 8.23. The van der Waals surface area contributed by atoms with Crippen molar-refractivity contribution in [1.29, 1.82) is 0 Å². The fourth-order valence-corrected chi connectivity index (χ4v) is 2.98. The number of hydrogen-bond acceptors (Lipinski definition) is 5. The van der Waals surface area contributed by atoms with Crippen molar-refractivity contribution >= 4 is 21.1 Å². The molecule has 0 aliphatic rings. The van der Waals surface area contributed by atoms with Crippen molar-refractivity contribution in [2.45, 2.75) is 18.4 Å². The third-order valence-electron chi connectivity index (χ3n) is 2.97. The van der Waals surface area contributed by atoms with E-state index < -0.39 is 10.0 Å². The van der Waals surface area contributed by atoms with Crippen molar-refractivity contribution in [3.05, 3.63) is 54.2 Å². The highest BCUT2D eigenvalue weighted by Crippen LogP contribution is 2.19. The van der Waals surface area contributed by atoms with Crippen LogP contribution in [0.25, 0.3) is 11.1 Å². The summed E-state index contributed by atoms with van der Waals surface area (Å²) in [5, 5.41) is 0. The topological polar surface area (TPSA) is 85.1 Å². The Bertz CT molecular complexity index is 873. The lowest BCUT2D eigenvalue weighted by atomic mass is 10.3. The van der Waals surface area contributed by atoms with Crippen LogP contribution < -0.4 is 4.72 Å². The molecule has 0 unspecified atom stereocenters. The average Bonchev–Trinajstić information content (AvgIpc) is 2.85. The van der Waals surface area contributed by atoms with E-state index in [0.29, 0.717) is 17.0 Å². The second kappa shape index (κ2) is 5.27. The molecule has 2 aromatic heterocycles. The summed E-state index contributed by atoms with van der Waals surface area (Å²) < 4.78 is 32.4. The molecular weight excluding hydrogens is 290 g/mol. The predicted octanol–water partition coefficient (Wildman–Crippen LogP) is 2.01. The first kappa shape index (κ1) is 13.7. The van der Waals surface area contributed by atoms with Crippen molar-refractivity contribution in [1.82, 2.24) is 14.7 Å². The summed E-state index contributed by atoms with van der Waals surface area (Å²) in [5.74, 6) is 0.503. The standard InChI is InChI=1S/C14H13N3O3S/c1-10-17-13-5-4-12(7-14(13)20-10)21(18,19)16-9-11-3-2-6-15-8-11/h2-8,16H,9H2,1H3. The van der Waals surface area contributed by atoms with Crippen molar-refractivity contribution in [3.8, 4) is 0 Å². The van der Waals surface area contributed by atoms with Gasteiger partial charge in [0.25, 0.3) is 0 Å². The lowest BCUT2D eigenvalue weighted by Gasteiger charge is -2.06. The van der Waals surface area contributed by atoms with Gasteiger partial charge in [-0.15, -0.1) is 0 Å². The van der Waals surface area contributed by atoms with E-state index in [4.69, 9.17) is 4.42 Å². The minimum absolute atomic E-state index is 0.148. The van der Waals surface area contributed by atoms with Crippen molar-refractivity contribution in [3.63, 3.8) is 0 Å². The van der Waals surface area contributed by atoms with Gasteiger partial charge < -0.3 is 4.42 Å². The SMILES string of the molecule is Cc1nc2ccc(S(=O)(=O)NCc3cccnc3)cc2o1. The molecule has 0 amide bonds. The second-order valence-corrected chi connectivity index (χ2v) is 6.32. The normalized spacial score (nSPS) is 11.9. The fraction of sp³-hybridized carbons (Fsp3) is 0.143. The molecule has 1 N–H and O–H groups in total. The maximum absolute atomic E-state index is 12.3. The summed E-state index contributed by atoms with van der Waals surface area (Å²) in [7, 11) is -3.61. The van der Waals surface area contributed by atoms with Crippen LogP contribution in [-0.2, 0) is 16.6 Å². The zero-order valence-corrected chi connectivity index (χ0v) is 12.1. The number of nitrogens with zero attached hydrogens (tertiary/aromatic N) is 2. The summed E-state index contributed by atoms with van der Waals surface area (Å²) in [6.07, 6.45) is 3.25. The molecule has 0 saturated carbocycles. The lowest BCUT2D eigenvalue weighted by Crippen LogP contribution is -2.23. The smallest absolute Gasteiger partial charge is 0.241 e. The van der Waals surface area contributed by atoms with Gasteiger partial charge in [0.05, 0.1) is 4.90 Å². The Balaban J connectivity index is 1.85. The number of pyridine rings is 1. The van der Waals surface area contributed by atoms with Crippen LogP contribution in [0.5, 0.6) is 0 Å². The molecule has 1 aromatic carbocycles. The van der Waals surface area contributed by atoms with Gasteiger partial charge in [-0.1, -0.05) is 6.07 Å². The van der Waals surface area contributed by atoms with Gasteiger partial charge in [0, 0.05) is 31.9 Å². The molecule has 0 spiro atoms. The third kappa shape index (κ3) is 2.93. The number of sulfonamides is 1. The molecule has 0 aliphatic heterocycles. The molecule has 108 valence electrons. The van der Waals surface area contributed by atoms with Gasteiger partial charge >= 0.3 is 0 Å².